The quantitative estimate of drug-likeness (QED) is 0.402. The summed E-state index contributed by atoms with van der Waals surface area (Å²) >= 11 is 0. The van der Waals surface area contributed by atoms with Crippen LogP contribution >= 0.6 is 0 Å². The summed E-state index contributed by atoms with van der Waals surface area (Å²) in [4.78, 5) is 23.2. The largest absolute Gasteiger partial charge is 0.398 e. The molecule has 5 heteroatoms. The lowest BCUT2D eigenvalue weighted by Gasteiger charge is -2.17. The molecule has 0 atom stereocenters. The van der Waals surface area contributed by atoms with Gasteiger partial charge in [-0.3, -0.25) is 0 Å². The Morgan fingerprint density at radius 1 is 0.765 bits per heavy atom. The van der Waals surface area contributed by atoms with Crippen molar-refractivity contribution in [3.8, 4) is 0 Å². The Labute approximate surface area is 96.0 Å². The van der Waals surface area contributed by atoms with E-state index in [0.717, 1.165) is 0 Å². The highest BCUT2D eigenvalue weighted by Crippen LogP contribution is 2.35. The molecule has 0 saturated heterocycles. The first-order valence-electron chi connectivity index (χ1n) is 4.97. The lowest BCUT2D eigenvalue weighted by molar-refractivity contribution is 0.0391. The minimum Gasteiger partial charge on any atom is -0.398 e. The van der Waals surface area contributed by atoms with Gasteiger partial charge in [-0.25, -0.2) is 9.59 Å². The highest BCUT2D eigenvalue weighted by atomic mass is 16.6. The molecule has 1 aliphatic heterocycles. The third-order valence-corrected chi connectivity index (χ3v) is 2.85. The predicted octanol–water partition coefficient (Wildman–Crippen LogP) is 1.31. The van der Waals surface area contributed by atoms with Crippen LogP contribution in [0.2, 0.25) is 0 Å². The Morgan fingerprint density at radius 2 is 1.24 bits per heavy atom. The van der Waals surface area contributed by atoms with Crippen molar-refractivity contribution in [3.63, 3.8) is 0 Å². The lowest BCUT2D eigenvalue weighted by Crippen LogP contribution is -2.20. The van der Waals surface area contributed by atoms with E-state index in [1.54, 1.807) is 12.1 Å². The van der Waals surface area contributed by atoms with Crippen molar-refractivity contribution < 1.29 is 14.3 Å². The first-order valence-corrected chi connectivity index (χ1v) is 4.97. The molecular weight excluding hydrogens is 220 g/mol. The van der Waals surface area contributed by atoms with Crippen molar-refractivity contribution in [3.05, 3.63) is 35.4 Å². The molecule has 3 rings (SSSR count). The molecule has 17 heavy (non-hydrogen) atoms. The van der Waals surface area contributed by atoms with E-state index in [4.69, 9.17) is 11.5 Å². The second-order valence-electron chi connectivity index (χ2n) is 3.83. The number of hydrogen-bond acceptors (Lipinski definition) is 5. The van der Waals surface area contributed by atoms with Gasteiger partial charge in [0, 0.05) is 22.1 Å². The fourth-order valence-electron chi connectivity index (χ4n) is 2.08. The molecule has 0 amide bonds. The van der Waals surface area contributed by atoms with Crippen LogP contribution in [0.4, 0.5) is 11.4 Å². The van der Waals surface area contributed by atoms with Crippen molar-refractivity contribution in [1.82, 2.24) is 0 Å². The number of carbonyl (C=O) groups excluding carboxylic acids is 2. The number of esters is 2. The maximum Gasteiger partial charge on any atom is 0.346 e. The summed E-state index contributed by atoms with van der Waals surface area (Å²) in [6.45, 7) is 0. The minimum absolute atomic E-state index is 0.316. The Kier molecular flexibility index (Phi) is 1.69. The molecule has 1 aliphatic rings. The van der Waals surface area contributed by atoms with Crippen molar-refractivity contribution >= 4 is 34.1 Å². The zero-order valence-electron chi connectivity index (χ0n) is 8.69. The second kappa shape index (κ2) is 2.98. The molecule has 0 aromatic heterocycles. The van der Waals surface area contributed by atoms with Crippen LogP contribution in [-0.2, 0) is 4.74 Å². The van der Waals surface area contributed by atoms with Gasteiger partial charge < -0.3 is 16.2 Å². The van der Waals surface area contributed by atoms with Crippen molar-refractivity contribution in [1.29, 1.82) is 0 Å². The van der Waals surface area contributed by atoms with E-state index in [0.29, 0.717) is 33.3 Å². The minimum atomic E-state index is -0.668. The number of nitrogen functional groups attached to an aromatic ring is 2. The molecule has 0 saturated carbocycles. The van der Waals surface area contributed by atoms with E-state index in [-0.39, 0.29) is 0 Å². The van der Waals surface area contributed by atoms with Gasteiger partial charge in [0.25, 0.3) is 0 Å². The molecule has 2 aromatic rings. The standard InChI is InChI=1S/C12H8N2O3/c13-7-3-1-5-9-6(12(16)17-11(5)15)2-4-8(14)10(7)9/h1-4H,13-14H2. The first kappa shape index (κ1) is 9.65. The number of carbonyl (C=O) groups is 2. The molecule has 4 N–H and O–H groups in total. The summed E-state index contributed by atoms with van der Waals surface area (Å²) < 4.78 is 4.62. The van der Waals surface area contributed by atoms with Crippen LogP contribution in [0.1, 0.15) is 20.7 Å². The summed E-state index contributed by atoms with van der Waals surface area (Å²) in [6, 6.07) is 6.23. The van der Waals surface area contributed by atoms with Gasteiger partial charge in [0.15, 0.2) is 0 Å². The van der Waals surface area contributed by atoms with E-state index in [2.05, 4.69) is 4.74 Å². The fourth-order valence-corrected chi connectivity index (χ4v) is 2.08. The number of ether oxygens (including phenoxy) is 1. The van der Waals surface area contributed by atoms with Crippen molar-refractivity contribution in [2.45, 2.75) is 0 Å². The highest BCUT2D eigenvalue weighted by molar-refractivity contribution is 6.24. The fraction of sp³-hybridized carbons (Fsp3) is 0. The molecule has 0 bridgehead atoms. The number of anilines is 2. The third-order valence-electron chi connectivity index (χ3n) is 2.85. The zero-order chi connectivity index (χ0) is 12.2. The molecule has 0 radical (unpaired) electrons. The number of nitrogens with two attached hydrogens (primary N) is 2. The summed E-state index contributed by atoms with van der Waals surface area (Å²) in [7, 11) is 0. The number of cyclic esters (lactones) is 2. The van der Waals surface area contributed by atoms with Gasteiger partial charge in [-0.05, 0) is 24.3 Å². The van der Waals surface area contributed by atoms with Crippen LogP contribution in [0.5, 0.6) is 0 Å². The Morgan fingerprint density at radius 3 is 1.71 bits per heavy atom. The molecule has 0 fully saturated rings. The molecule has 1 heterocycles. The zero-order valence-corrected chi connectivity index (χ0v) is 8.69. The summed E-state index contributed by atoms with van der Waals surface area (Å²) in [5.41, 5.74) is 13.1. The second-order valence-corrected chi connectivity index (χ2v) is 3.83. The lowest BCUT2D eigenvalue weighted by atomic mass is 9.95. The maximum atomic E-state index is 11.6. The van der Waals surface area contributed by atoms with Crippen LogP contribution in [0.3, 0.4) is 0 Å². The Bertz CT molecular complexity index is 637. The number of rotatable bonds is 0. The first-order chi connectivity index (χ1) is 8.09. The molecule has 5 nitrogen and oxygen atoms in total. The highest BCUT2D eigenvalue weighted by Gasteiger charge is 2.28. The van der Waals surface area contributed by atoms with Gasteiger partial charge in [-0.1, -0.05) is 0 Å². The van der Waals surface area contributed by atoms with E-state index in [1.165, 1.54) is 12.1 Å². The SMILES string of the molecule is Nc1ccc2c3c(ccc(N)c13)C(=O)OC2=O. The predicted molar refractivity (Wildman–Crippen MR) is 62.5 cm³/mol. The van der Waals surface area contributed by atoms with E-state index in [1.807, 2.05) is 0 Å². The van der Waals surface area contributed by atoms with Gasteiger partial charge in [0.2, 0.25) is 0 Å². The van der Waals surface area contributed by atoms with E-state index >= 15 is 0 Å². The van der Waals surface area contributed by atoms with E-state index in [9.17, 15) is 9.59 Å². The molecule has 84 valence electrons. The van der Waals surface area contributed by atoms with Gasteiger partial charge >= 0.3 is 11.9 Å². The van der Waals surface area contributed by atoms with Crippen LogP contribution < -0.4 is 11.5 Å². The van der Waals surface area contributed by atoms with Crippen molar-refractivity contribution in [2.75, 3.05) is 11.5 Å². The van der Waals surface area contributed by atoms with E-state index < -0.39 is 11.9 Å². The monoisotopic (exact) mass is 228 g/mol. The smallest absolute Gasteiger partial charge is 0.346 e. The summed E-state index contributed by atoms with van der Waals surface area (Å²) in [5, 5.41) is 1.01. The van der Waals surface area contributed by atoms with Crippen LogP contribution in [-0.4, -0.2) is 11.9 Å². The van der Waals surface area contributed by atoms with Gasteiger partial charge in [-0.2, -0.15) is 0 Å². The third kappa shape index (κ3) is 1.13. The number of benzene rings is 2. The average molecular weight is 228 g/mol. The van der Waals surface area contributed by atoms with Crippen LogP contribution in [0.25, 0.3) is 10.8 Å². The van der Waals surface area contributed by atoms with Gasteiger partial charge in [-0.15, -0.1) is 0 Å². The van der Waals surface area contributed by atoms with Crippen LogP contribution in [0.15, 0.2) is 24.3 Å². The van der Waals surface area contributed by atoms with Crippen molar-refractivity contribution in [2.24, 2.45) is 0 Å². The summed E-state index contributed by atoms with van der Waals surface area (Å²) in [5.74, 6) is -1.34. The topological polar surface area (TPSA) is 95.4 Å². The normalized spacial score (nSPS) is 13.9. The molecule has 0 spiro atoms. The molecule has 0 aliphatic carbocycles. The Balaban J connectivity index is 2.61. The van der Waals surface area contributed by atoms with Gasteiger partial charge in [0.05, 0.1) is 11.1 Å². The Hall–Kier alpha value is -2.56. The number of hydrogen-bond donors (Lipinski definition) is 2. The molecule has 2 aromatic carbocycles. The maximum absolute atomic E-state index is 11.6. The summed E-state index contributed by atoms with van der Waals surface area (Å²) in [6.07, 6.45) is 0. The average Bonchev–Trinajstić information content (AvgIpc) is 2.28. The molecular formula is C12H8N2O3. The molecule has 0 unspecified atom stereocenters. The van der Waals surface area contributed by atoms with Crippen LogP contribution in [0, 0.1) is 0 Å². The van der Waals surface area contributed by atoms with Gasteiger partial charge in [0.1, 0.15) is 0 Å².